The second-order valence-electron chi connectivity index (χ2n) is 9.65. The van der Waals surface area contributed by atoms with Crippen LogP contribution in [0, 0.1) is 29.1 Å². The molecule has 0 radical (unpaired) electrons. The third-order valence-electron chi connectivity index (χ3n) is 7.28. The van der Waals surface area contributed by atoms with E-state index in [-0.39, 0.29) is 52.9 Å². The summed E-state index contributed by atoms with van der Waals surface area (Å²) in [7, 11) is -3.17. The number of aromatic nitrogens is 2. The number of aryl methyl sites for hydroxylation is 1. The summed E-state index contributed by atoms with van der Waals surface area (Å²) < 4.78 is 32.8. The summed E-state index contributed by atoms with van der Waals surface area (Å²) in [6.07, 6.45) is 2.81. The molecule has 168 valence electrons. The second-order valence-corrected chi connectivity index (χ2v) is 11.9. The number of esters is 1. The summed E-state index contributed by atoms with van der Waals surface area (Å²) in [6, 6.07) is 0. The predicted molar refractivity (Wildman–Crippen MR) is 114 cm³/mol. The van der Waals surface area contributed by atoms with Gasteiger partial charge in [0.1, 0.15) is 5.56 Å². The summed E-state index contributed by atoms with van der Waals surface area (Å²) in [5, 5.41) is 3.83. The number of hydrogen-bond donors (Lipinski definition) is 0. The van der Waals surface area contributed by atoms with Crippen LogP contribution >= 0.6 is 0 Å². The number of sulfone groups is 1. The van der Waals surface area contributed by atoms with E-state index in [2.05, 4.69) is 18.9 Å². The van der Waals surface area contributed by atoms with Crippen molar-refractivity contribution < 1.29 is 22.7 Å². The van der Waals surface area contributed by atoms with Crippen molar-refractivity contribution in [3.63, 3.8) is 0 Å². The first kappa shape index (κ1) is 23.0. The molecule has 1 saturated heterocycles. The van der Waals surface area contributed by atoms with Crippen molar-refractivity contribution in [2.75, 3.05) is 5.75 Å². The van der Waals surface area contributed by atoms with Gasteiger partial charge in [0, 0.05) is 18.9 Å². The topological polar surface area (TPSA) is 95.3 Å². The molecule has 1 aromatic heterocycles. The minimum atomic E-state index is -3.17. The molecule has 0 N–H and O–H groups in total. The average Bonchev–Trinajstić information content (AvgIpc) is 3.08. The van der Waals surface area contributed by atoms with Gasteiger partial charge in [0.05, 0.1) is 17.2 Å². The highest BCUT2D eigenvalue weighted by molar-refractivity contribution is 7.92. The minimum absolute atomic E-state index is 0.0863. The molecule has 0 amide bonds. The van der Waals surface area contributed by atoms with Crippen molar-refractivity contribution in [2.45, 2.75) is 72.6 Å². The molecule has 1 aliphatic carbocycles. The highest BCUT2D eigenvalue weighted by atomic mass is 32.2. The molecule has 5 atom stereocenters. The number of carbonyl (C=O) groups is 2. The monoisotopic (exact) mass is 438 g/mol. The van der Waals surface area contributed by atoms with Gasteiger partial charge < -0.3 is 4.74 Å². The van der Waals surface area contributed by atoms with Gasteiger partial charge in [0.2, 0.25) is 5.88 Å². The maximum Gasteiger partial charge on any atom is 0.312 e. The van der Waals surface area contributed by atoms with Crippen LogP contribution in [0.4, 0.5) is 0 Å². The van der Waals surface area contributed by atoms with E-state index in [4.69, 9.17) is 4.74 Å². The van der Waals surface area contributed by atoms with E-state index in [1.807, 2.05) is 20.8 Å². The standard InChI is InChI=1S/C22H34N2O5S/c1-7-17(25)29-21-16(12-23-24(21)8-2)19(26)15-11-13(3)20-18(14(15)4)22(5,6)9-10-30(20,27)28/h12-15,18,20H,7-11H2,1-6H3. The lowest BCUT2D eigenvalue weighted by Gasteiger charge is -2.53. The summed E-state index contributed by atoms with van der Waals surface area (Å²) in [5.74, 6) is -0.715. The molecule has 0 spiro atoms. The van der Waals surface area contributed by atoms with Crippen LogP contribution in [0.3, 0.4) is 0 Å². The molecular formula is C22H34N2O5S. The molecule has 7 nitrogen and oxygen atoms in total. The van der Waals surface area contributed by atoms with Gasteiger partial charge in [-0.15, -0.1) is 0 Å². The minimum Gasteiger partial charge on any atom is -0.407 e. The van der Waals surface area contributed by atoms with E-state index in [0.29, 0.717) is 24.9 Å². The zero-order valence-electron chi connectivity index (χ0n) is 18.8. The van der Waals surface area contributed by atoms with Crippen molar-refractivity contribution in [1.29, 1.82) is 0 Å². The molecule has 2 aliphatic rings. The molecule has 5 unspecified atom stereocenters. The molecule has 2 fully saturated rings. The molecule has 1 saturated carbocycles. The van der Waals surface area contributed by atoms with Crippen LogP contribution in [0.5, 0.6) is 5.88 Å². The number of hydrogen-bond acceptors (Lipinski definition) is 6. The van der Waals surface area contributed by atoms with Crippen LogP contribution in [-0.2, 0) is 21.2 Å². The number of fused-ring (bicyclic) bond motifs is 1. The zero-order chi connectivity index (χ0) is 22.4. The molecule has 0 bridgehead atoms. The van der Waals surface area contributed by atoms with Gasteiger partial charge in [-0.1, -0.05) is 34.6 Å². The largest absolute Gasteiger partial charge is 0.407 e. The molecule has 2 heterocycles. The number of rotatable bonds is 5. The number of ether oxygens (including phenoxy) is 1. The van der Waals surface area contributed by atoms with Crippen LogP contribution in [0.25, 0.3) is 0 Å². The maximum atomic E-state index is 13.6. The highest BCUT2D eigenvalue weighted by Gasteiger charge is 2.56. The Balaban J connectivity index is 1.99. The Morgan fingerprint density at radius 1 is 1.27 bits per heavy atom. The Hall–Kier alpha value is -1.70. The van der Waals surface area contributed by atoms with Crippen molar-refractivity contribution in [3.8, 4) is 5.88 Å². The second kappa shape index (κ2) is 8.09. The smallest absolute Gasteiger partial charge is 0.312 e. The summed E-state index contributed by atoms with van der Waals surface area (Å²) >= 11 is 0. The van der Waals surface area contributed by atoms with Crippen molar-refractivity contribution in [1.82, 2.24) is 9.78 Å². The SMILES string of the molecule is CCC(=O)Oc1c(C(=O)C2CC(C)C3C(C2C)C(C)(C)CCS3(=O)=O)cnn1CC. The van der Waals surface area contributed by atoms with E-state index in [0.717, 1.165) is 0 Å². The summed E-state index contributed by atoms with van der Waals surface area (Å²) in [4.78, 5) is 25.5. The maximum absolute atomic E-state index is 13.6. The van der Waals surface area contributed by atoms with Crippen LogP contribution in [0.15, 0.2) is 6.20 Å². The first-order valence-electron chi connectivity index (χ1n) is 11.0. The van der Waals surface area contributed by atoms with E-state index < -0.39 is 21.1 Å². The third kappa shape index (κ3) is 3.83. The number of Topliss-reactive ketones (excluding diaryl/α,β-unsaturated/α-hetero) is 1. The van der Waals surface area contributed by atoms with Crippen molar-refractivity contribution >= 4 is 21.6 Å². The highest BCUT2D eigenvalue weighted by Crippen LogP contribution is 2.54. The van der Waals surface area contributed by atoms with Gasteiger partial charge in [0.25, 0.3) is 0 Å². The summed E-state index contributed by atoms with van der Waals surface area (Å²) in [6.45, 7) is 12.3. The molecule has 3 rings (SSSR count). The molecular weight excluding hydrogens is 404 g/mol. The first-order valence-corrected chi connectivity index (χ1v) is 12.7. The Morgan fingerprint density at radius 3 is 2.53 bits per heavy atom. The van der Waals surface area contributed by atoms with Gasteiger partial charge in [-0.05, 0) is 42.9 Å². The lowest BCUT2D eigenvalue weighted by molar-refractivity contribution is -0.134. The Kier molecular flexibility index (Phi) is 6.20. The van der Waals surface area contributed by atoms with Crippen LogP contribution < -0.4 is 4.74 Å². The van der Waals surface area contributed by atoms with Gasteiger partial charge >= 0.3 is 5.97 Å². The zero-order valence-corrected chi connectivity index (χ0v) is 19.7. The van der Waals surface area contributed by atoms with Crippen LogP contribution in [-0.4, -0.2) is 41.0 Å². The van der Waals surface area contributed by atoms with Crippen LogP contribution in [0.2, 0.25) is 0 Å². The third-order valence-corrected chi connectivity index (χ3v) is 9.64. The van der Waals surface area contributed by atoms with E-state index in [9.17, 15) is 18.0 Å². The van der Waals surface area contributed by atoms with Gasteiger partial charge in [-0.25, -0.2) is 13.1 Å². The fraction of sp³-hybridized carbons (Fsp3) is 0.773. The fourth-order valence-corrected chi connectivity index (χ4v) is 8.66. The Morgan fingerprint density at radius 2 is 1.93 bits per heavy atom. The number of nitrogens with zero attached hydrogens (tertiary/aromatic N) is 2. The van der Waals surface area contributed by atoms with E-state index in [1.165, 1.54) is 10.9 Å². The molecule has 1 aliphatic heterocycles. The lowest BCUT2D eigenvalue weighted by atomic mass is 9.57. The van der Waals surface area contributed by atoms with Gasteiger partial charge in [0.15, 0.2) is 15.6 Å². The fourth-order valence-electron chi connectivity index (χ4n) is 5.70. The van der Waals surface area contributed by atoms with Crippen LogP contribution in [0.1, 0.15) is 71.2 Å². The predicted octanol–water partition coefficient (Wildman–Crippen LogP) is 3.52. The number of carbonyl (C=O) groups excluding carboxylic acids is 2. The lowest BCUT2D eigenvalue weighted by Crippen LogP contribution is -2.57. The van der Waals surface area contributed by atoms with Gasteiger partial charge in [-0.3, -0.25) is 9.59 Å². The van der Waals surface area contributed by atoms with E-state index >= 15 is 0 Å². The van der Waals surface area contributed by atoms with E-state index in [1.54, 1.807) is 6.92 Å². The van der Waals surface area contributed by atoms with Crippen molar-refractivity contribution in [3.05, 3.63) is 11.8 Å². The quantitative estimate of drug-likeness (QED) is 0.516. The molecule has 8 heteroatoms. The molecule has 30 heavy (non-hydrogen) atoms. The Labute approximate surface area is 179 Å². The van der Waals surface area contributed by atoms with Gasteiger partial charge in [-0.2, -0.15) is 5.10 Å². The molecule has 1 aromatic rings. The normalized spacial score (nSPS) is 32.3. The Bertz CT molecular complexity index is 933. The summed E-state index contributed by atoms with van der Waals surface area (Å²) in [5.41, 5.74) is 0.158. The number of ketones is 1. The van der Waals surface area contributed by atoms with Crippen molar-refractivity contribution in [2.24, 2.45) is 29.1 Å². The average molecular weight is 439 g/mol. The molecule has 0 aromatic carbocycles. The first-order chi connectivity index (χ1) is 13.9.